The average molecular weight is 208 g/mol. The van der Waals surface area contributed by atoms with Crippen molar-refractivity contribution in [1.82, 2.24) is 9.55 Å². The molecule has 2 heterocycles. The summed E-state index contributed by atoms with van der Waals surface area (Å²) in [6.07, 6.45) is 4.55. The van der Waals surface area contributed by atoms with Crippen LogP contribution in [0.2, 0.25) is 0 Å². The van der Waals surface area contributed by atoms with Crippen LogP contribution in [0.5, 0.6) is 5.88 Å². The lowest BCUT2D eigenvalue weighted by Gasteiger charge is -2.10. The van der Waals surface area contributed by atoms with E-state index in [0.717, 1.165) is 38.1 Å². The molecule has 0 amide bonds. The summed E-state index contributed by atoms with van der Waals surface area (Å²) in [7, 11) is 0. The molecule has 1 aliphatic heterocycles. The Balaban J connectivity index is 2.59. The van der Waals surface area contributed by atoms with Crippen LogP contribution in [0, 0.1) is 0 Å². The fraction of sp³-hybridized carbons (Fsp3) is 0.636. The molecule has 0 unspecified atom stereocenters. The number of hydrogen-bond acceptors (Lipinski definition) is 3. The first kappa shape index (κ1) is 10.2. The third kappa shape index (κ3) is 1.76. The molecule has 0 atom stereocenters. The van der Waals surface area contributed by atoms with Crippen LogP contribution in [0.4, 0.5) is 0 Å². The number of aromatic nitrogens is 2. The molecule has 1 aromatic heterocycles. The van der Waals surface area contributed by atoms with Gasteiger partial charge < -0.3 is 5.11 Å². The normalized spacial score (nSPS) is 15.8. The van der Waals surface area contributed by atoms with Crippen LogP contribution in [0.15, 0.2) is 4.79 Å². The van der Waals surface area contributed by atoms with E-state index >= 15 is 0 Å². The van der Waals surface area contributed by atoms with Crippen molar-refractivity contribution >= 4 is 0 Å². The first-order chi connectivity index (χ1) is 7.24. The number of nitrogens with zero attached hydrogens (tertiary/aromatic N) is 2. The lowest BCUT2D eigenvalue weighted by molar-refractivity contribution is 0.432. The molecule has 15 heavy (non-hydrogen) atoms. The molecule has 2 rings (SSSR count). The van der Waals surface area contributed by atoms with Gasteiger partial charge in [0.25, 0.3) is 5.56 Å². The summed E-state index contributed by atoms with van der Waals surface area (Å²) in [6.45, 7) is 2.61. The van der Waals surface area contributed by atoms with E-state index in [9.17, 15) is 9.90 Å². The highest BCUT2D eigenvalue weighted by atomic mass is 16.3. The summed E-state index contributed by atoms with van der Waals surface area (Å²) < 4.78 is 1.73. The number of aryl methyl sites for hydroxylation is 1. The van der Waals surface area contributed by atoms with E-state index in [1.807, 2.05) is 6.92 Å². The molecule has 0 saturated heterocycles. The summed E-state index contributed by atoms with van der Waals surface area (Å²) in [5, 5.41) is 9.61. The Morgan fingerprint density at radius 1 is 1.40 bits per heavy atom. The van der Waals surface area contributed by atoms with Gasteiger partial charge in [-0.2, -0.15) is 4.98 Å². The lowest BCUT2D eigenvalue weighted by Crippen LogP contribution is -2.27. The molecule has 1 aromatic rings. The Labute approximate surface area is 88.6 Å². The highest BCUT2D eigenvalue weighted by Gasteiger charge is 2.16. The van der Waals surface area contributed by atoms with Gasteiger partial charge in [-0.25, -0.2) is 0 Å². The van der Waals surface area contributed by atoms with Gasteiger partial charge in [0.1, 0.15) is 5.82 Å². The first-order valence-corrected chi connectivity index (χ1v) is 5.55. The van der Waals surface area contributed by atoms with Gasteiger partial charge in [-0.1, -0.05) is 13.3 Å². The highest BCUT2D eigenvalue weighted by molar-refractivity contribution is 5.23. The second-order valence-corrected chi connectivity index (χ2v) is 3.95. The molecule has 0 aliphatic carbocycles. The molecular formula is C11H16N2O2. The molecule has 0 bridgehead atoms. The molecule has 0 spiro atoms. The van der Waals surface area contributed by atoms with E-state index in [-0.39, 0.29) is 11.4 Å². The van der Waals surface area contributed by atoms with Crippen molar-refractivity contribution in [3.05, 3.63) is 21.7 Å². The standard InChI is InChI=1S/C11H16N2O2/c1-2-8-10(14)12-9-6-4-3-5-7-13(9)11(8)15/h14H,2-7H2,1H3. The van der Waals surface area contributed by atoms with Gasteiger partial charge in [0.05, 0.1) is 5.56 Å². The minimum absolute atomic E-state index is 0.0538. The largest absolute Gasteiger partial charge is 0.493 e. The molecule has 4 nitrogen and oxygen atoms in total. The van der Waals surface area contributed by atoms with Gasteiger partial charge in [0.15, 0.2) is 0 Å². The Hall–Kier alpha value is -1.32. The van der Waals surface area contributed by atoms with Crippen LogP contribution in [0.3, 0.4) is 0 Å². The SMILES string of the molecule is CCc1c(O)nc2n(c1=O)CCCCC2. The number of fused-ring (bicyclic) bond motifs is 1. The molecule has 82 valence electrons. The number of aromatic hydroxyl groups is 1. The zero-order valence-electron chi connectivity index (χ0n) is 8.99. The maximum atomic E-state index is 12.0. The summed E-state index contributed by atoms with van der Waals surface area (Å²) in [5.41, 5.74) is 0.391. The minimum atomic E-state index is -0.0735. The van der Waals surface area contributed by atoms with Gasteiger partial charge in [-0.05, 0) is 19.3 Å². The van der Waals surface area contributed by atoms with Gasteiger partial charge >= 0.3 is 0 Å². The topological polar surface area (TPSA) is 55.1 Å². The maximum Gasteiger partial charge on any atom is 0.260 e. The molecule has 0 saturated carbocycles. The van der Waals surface area contributed by atoms with Gasteiger partial charge in [0.2, 0.25) is 5.88 Å². The number of rotatable bonds is 1. The smallest absolute Gasteiger partial charge is 0.260 e. The third-order valence-corrected chi connectivity index (χ3v) is 2.96. The molecule has 0 radical (unpaired) electrons. The summed E-state index contributed by atoms with van der Waals surface area (Å²) in [6, 6.07) is 0. The van der Waals surface area contributed by atoms with Crippen LogP contribution >= 0.6 is 0 Å². The van der Waals surface area contributed by atoms with Crippen molar-refractivity contribution in [3.63, 3.8) is 0 Å². The van der Waals surface area contributed by atoms with Gasteiger partial charge in [-0.15, -0.1) is 0 Å². The second-order valence-electron chi connectivity index (χ2n) is 3.95. The fourth-order valence-corrected chi connectivity index (χ4v) is 2.09. The second kappa shape index (κ2) is 4.04. The quantitative estimate of drug-likeness (QED) is 0.755. The number of hydrogen-bond donors (Lipinski definition) is 1. The lowest BCUT2D eigenvalue weighted by atomic mass is 10.2. The van der Waals surface area contributed by atoms with Crippen LogP contribution in [0.1, 0.15) is 37.6 Å². The predicted molar refractivity (Wildman–Crippen MR) is 57.1 cm³/mol. The molecule has 0 fully saturated rings. The highest BCUT2D eigenvalue weighted by Crippen LogP contribution is 2.16. The average Bonchev–Trinajstić information content (AvgIpc) is 2.43. The van der Waals surface area contributed by atoms with Crippen LogP contribution in [-0.4, -0.2) is 14.7 Å². The van der Waals surface area contributed by atoms with Gasteiger partial charge in [-0.3, -0.25) is 9.36 Å². The third-order valence-electron chi connectivity index (χ3n) is 2.96. The molecule has 1 aliphatic rings. The van der Waals surface area contributed by atoms with E-state index in [1.165, 1.54) is 0 Å². The summed E-state index contributed by atoms with van der Waals surface area (Å²) >= 11 is 0. The predicted octanol–water partition coefficient (Wildman–Crippen LogP) is 1.24. The monoisotopic (exact) mass is 208 g/mol. The Kier molecular flexibility index (Phi) is 2.75. The van der Waals surface area contributed by atoms with E-state index in [2.05, 4.69) is 4.98 Å². The molecule has 1 N–H and O–H groups in total. The van der Waals surface area contributed by atoms with Crippen LogP contribution in [-0.2, 0) is 19.4 Å². The Bertz CT molecular complexity index is 423. The van der Waals surface area contributed by atoms with Crippen LogP contribution in [0.25, 0.3) is 0 Å². The van der Waals surface area contributed by atoms with Crippen molar-refractivity contribution in [2.45, 2.75) is 45.6 Å². The first-order valence-electron chi connectivity index (χ1n) is 5.55. The maximum absolute atomic E-state index is 12.0. The summed E-state index contributed by atoms with van der Waals surface area (Å²) in [4.78, 5) is 16.1. The van der Waals surface area contributed by atoms with Crippen molar-refractivity contribution in [2.75, 3.05) is 0 Å². The van der Waals surface area contributed by atoms with Crippen molar-refractivity contribution in [3.8, 4) is 5.88 Å². The van der Waals surface area contributed by atoms with E-state index < -0.39 is 0 Å². The van der Waals surface area contributed by atoms with E-state index in [1.54, 1.807) is 4.57 Å². The fourth-order valence-electron chi connectivity index (χ4n) is 2.09. The van der Waals surface area contributed by atoms with E-state index in [4.69, 9.17) is 0 Å². The zero-order chi connectivity index (χ0) is 10.8. The van der Waals surface area contributed by atoms with Crippen molar-refractivity contribution in [2.24, 2.45) is 0 Å². The Morgan fingerprint density at radius 2 is 2.20 bits per heavy atom. The van der Waals surface area contributed by atoms with E-state index in [0.29, 0.717) is 12.0 Å². The van der Waals surface area contributed by atoms with Crippen molar-refractivity contribution in [1.29, 1.82) is 0 Å². The minimum Gasteiger partial charge on any atom is -0.493 e. The Morgan fingerprint density at radius 3 is 2.93 bits per heavy atom. The van der Waals surface area contributed by atoms with Gasteiger partial charge in [0, 0.05) is 13.0 Å². The molecular weight excluding hydrogens is 192 g/mol. The zero-order valence-corrected chi connectivity index (χ0v) is 8.99. The molecule has 0 aromatic carbocycles. The summed E-state index contributed by atoms with van der Waals surface area (Å²) in [5.74, 6) is 0.669. The molecule has 4 heteroatoms. The van der Waals surface area contributed by atoms with Crippen LogP contribution < -0.4 is 5.56 Å². The van der Waals surface area contributed by atoms with Crippen molar-refractivity contribution < 1.29 is 5.11 Å².